The molecule has 3 heteroatoms. The number of fused-ring (bicyclic) bond motifs is 14. The SMILES string of the molecule is c1ccc(-c2ccc(-c3ccc(-c4ccc(-c5cc6c(sc7ccc8ccccc8c76)c6nc7c8ccc9ccccc9c8ccc7n56)cc4)c4ccccc34)cc2)cc1. The summed E-state index contributed by atoms with van der Waals surface area (Å²) in [4.78, 5) is 5.57. The number of pyridine rings is 1. The van der Waals surface area contributed by atoms with Gasteiger partial charge in [0, 0.05) is 20.9 Å². The quantitative estimate of drug-likeness (QED) is 0.163. The molecule has 13 rings (SSSR count). The third kappa shape index (κ3) is 4.97. The minimum absolute atomic E-state index is 1.01. The van der Waals surface area contributed by atoms with Gasteiger partial charge in [-0.3, -0.25) is 4.40 Å². The predicted molar refractivity (Wildman–Crippen MR) is 257 cm³/mol. The first-order chi connectivity index (χ1) is 29.7. The molecular formula is C57H34N2S. The molecule has 0 amide bonds. The highest BCUT2D eigenvalue weighted by atomic mass is 32.1. The molecule has 0 radical (unpaired) electrons. The standard InChI is InChI=1S/C57H34N2S/c1-2-10-35(11-3-1)36-18-20-39(21-19-36)43-29-30-44(47-17-9-8-16-46(43)47)40-22-24-41(25-23-40)52-34-50-54-45-15-7-5-13-38(45)27-33-53(54)60-56(50)57-58-55-49-28-26-37-12-4-6-14-42(37)48(49)31-32-51(55)59(52)57/h1-34H. The first kappa shape index (κ1) is 33.4. The molecule has 278 valence electrons. The summed E-state index contributed by atoms with van der Waals surface area (Å²) in [6.45, 7) is 0. The largest absolute Gasteiger partial charge is 0.291 e. The van der Waals surface area contributed by atoms with E-state index in [1.807, 2.05) is 11.3 Å². The van der Waals surface area contributed by atoms with Crippen LogP contribution in [-0.2, 0) is 0 Å². The minimum Gasteiger partial charge on any atom is -0.291 e. The number of benzene rings is 10. The van der Waals surface area contributed by atoms with Crippen molar-refractivity contribution in [1.29, 1.82) is 0 Å². The second-order valence-corrected chi connectivity index (χ2v) is 16.9. The van der Waals surface area contributed by atoms with Crippen LogP contribution < -0.4 is 0 Å². The molecule has 0 fully saturated rings. The molecule has 13 aromatic rings. The fourth-order valence-corrected chi connectivity index (χ4v) is 10.9. The first-order valence-electron chi connectivity index (χ1n) is 20.5. The van der Waals surface area contributed by atoms with Crippen LogP contribution in [0.3, 0.4) is 0 Å². The Kier molecular flexibility index (Phi) is 7.21. The molecule has 10 aromatic carbocycles. The van der Waals surface area contributed by atoms with Gasteiger partial charge in [0.2, 0.25) is 0 Å². The highest BCUT2D eigenvalue weighted by molar-refractivity contribution is 7.26. The molecule has 0 unspecified atom stereocenters. The van der Waals surface area contributed by atoms with E-state index in [0.29, 0.717) is 0 Å². The fraction of sp³-hybridized carbons (Fsp3) is 0. The van der Waals surface area contributed by atoms with Crippen molar-refractivity contribution in [2.75, 3.05) is 0 Å². The summed E-state index contributed by atoms with van der Waals surface area (Å²) in [5.41, 5.74) is 12.8. The number of hydrogen-bond acceptors (Lipinski definition) is 2. The number of rotatable bonds is 4. The summed E-state index contributed by atoms with van der Waals surface area (Å²) in [6, 6.07) is 75.6. The van der Waals surface area contributed by atoms with Gasteiger partial charge in [0.15, 0.2) is 5.65 Å². The van der Waals surface area contributed by atoms with Gasteiger partial charge in [-0.15, -0.1) is 11.3 Å². The Morgan fingerprint density at radius 3 is 1.63 bits per heavy atom. The third-order valence-electron chi connectivity index (χ3n) is 12.6. The lowest BCUT2D eigenvalue weighted by atomic mass is 9.91. The Morgan fingerprint density at radius 1 is 0.367 bits per heavy atom. The summed E-state index contributed by atoms with van der Waals surface area (Å²) in [6.07, 6.45) is 0. The van der Waals surface area contributed by atoms with E-state index < -0.39 is 0 Å². The lowest BCUT2D eigenvalue weighted by Gasteiger charge is -2.14. The van der Waals surface area contributed by atoms with Crippen molar-refractivity contribution < 1.29 is 0 Å². The van der Waals surface area contributed by atoms with Gasteiger partial charge in [-0.05, 0) is 94.8 Å². The molecule has 0 N–H and O–H groups in total. The zero-order valence-electron chi connectivity index (χ0n) is 32.4. The molecule has 0 saturated carbocycles. The summed E-state index contributed by atoms with van der Waals surface area (Å²) >= 11 is 1.85. The Hall–Kier alpha value is -7.59. The van der Waals surface area contributed by atoms with Gasteiger partial charge in [-0.2, -0.15) is 0 Å². The lowest BCUT2D eigenvalue weighted by molar-refractivity contribution is 1.25. The Morgan fingerprint density at radius 2 is 0.917 bits per heavy atom. The number of aromatic nitrogens is 2. The van der Waals surface area contributed by atoms with E-state index in [2.05, 4.69) is 211 Å². The van der Waals surface area contributed by atoms with E-state index in [1.165, 1.54) is 96.6 Å². The summed E-state index contributed by atoms with van der Waals surface area (Å²) < 4.78 is 4.91. The van der Waals surface area contributed by atoms with E-state index >= 15 is 0 Å². The predicted octanol–water partition coefficient (Wildman–Crippen LogP) is 16.1. The molecule has 0 aliphatic rings. The third-order valence-corrected chi connectivity index (χ3v) is 13.8. The maximum atomic E-state index is 5.57. The second kappa shape index (κ2) is 13.0. The molecule has 0 aliphatic heterocycles. The van der Waals surface area contributed by atoms with Crippen LogP contribution in [0, 0.1) is 0 Å². The van der Waals surface area contributed by atoms with E-state index in [-0.39, 0.29) is 0 Å². The molecule has 0 bridgehead atoms. The molecule has 0 aliphatic carbocycles. The smallest absolute Gasteiger partial charge is 0.156 e. The van der Waals surface area contributed by atoms with E-state index in [0.717, 1.165) is 27.9 Å². The van der Waals surface area contributed by atoms with Crippen LogP contribution in [0.4, 0.5) is 0 Å². The molecule has 0 spiro atoms. The second-order valence-electron chi connectivity index (χ2n) is 15.8. The van der Waals surface area contributed by atoms with Crippen LogP contribution in [0.1, 0.15) is 0 Å². The van der Waals surface area contributed by atoms with Crippen LogP contribution in [0.2, 0.25) is 0 Å². The van der Waals surface area contributed by atoms with E-state index in [1.54, 1.807) is 0 Å². The average molecular weight is 779 g/mol. The molecule has 60 heavy (non-hydrogen) atoms. The number of thiophene rings is 1. The highest BCUT2D eigenvalue weighted by Gasteiger charge is 2.21. The molecule has 0 saturated heterocycles. The maximum absolute atomic E-state index is 5.57. The zero-order chi connectivity index (χ0) is 39.3. The number of hydrogen-bond donors (Lipinski definition) is 0. The van der Waals surface area contributed by atoms with Crippen molar-refractivity contribution in [3.05, 3.63) is 206 Å². The summed E-state index contributed by atoms with van der Waals surface area (Å²) in [7, 11) is 0. The van der Waals surface area contributed by atoms with Gasteiger partial charge in [-0.1, -0.05) is 188 Å². The molecule has 3 aromatic heterocycles. The first-order valence-corrected chi connectivity index (χ1v) is 21.3. The van der Waals surface area contributed by atoms with Crippen LogP contribution in [0.15, 0.2) is 206 Å². The van der Waals surface area contributed by atoms with Crippen LogP contribution in [0.25, 0.3) is 125 Å². The van der Waals surface area contributed by atoms with Gasteiger partial charge in [0.25, 0.3) is 0 Å². The van der Waals surface area contributed by atoms with E-state index in [4.69, 9.17) is 4.98 Å². The zero-order valence-corrected chi connectivity index (χ0v) is 33.2. The maximum Gasteiger partial charge on any atom is 0.156 e. The summed E-state index contributed by atoms with van der Waals surface area (Å²) in [5.74, 6) is 0. The fourth-order valence-electron chi connectivity index (χ4n) is 9.73. The van der Waals surface area contributed by atoms with Crippen molar-refractivity contribution >= 4 is 91.3 Å². The Labute approximate surface area is 349 Å². The van der Waals surface area contributed by atoms with Gasteiger partial charge in [0.05, 0.1) is 21.4 Å². The van der Waals surface area contributed by atoms with Gasteiger partial charge < -0.3 is 0 Å². The van der Waals surface area contributed by atoms with Crippen molar-refractivity contribution in [2.24, 2.45) is 0 Å². The van der Waals surface area contributed by atoms with Gasteiger partial charge >= 0.3 is 0 Å². The highest BCUT2D eigenvalue weighted by Crippen LogP contribution is 2.45. The monoisotopic (exact) mass is 778 g/mol. The van der Waals surface area contributed by atoms with Crippen molar-refractivity contribution in [2.45, 2.75) is 0 Å². The van der Waals surface area contributed by atoms with Crippen LogP contribution in [-0.4, -0.2) is 9.38 Å². The number of nitrogens with zero attached hydrogens (tertiary/aromatic N) is 2. The van der Waals surface area contributed by atoms with Gasteiger partial charge in [0.1, 0.15) is 0 Å². The molecule has 2 nitrogen and oxygen atoms in total. The van der Waals surface area contributed by atoms with E-state index in [9.17, 15) is 0 Å². The Bertz CT molecular complexity index is 3860. The van der Waals surface area contributed by atoms with Gasteiger partial charge in [-0.25, -0.2) is 4.98 Å². The molecular weight excluding hydrogens is 745 g/mol. The summed E-state index contributed by atoms with van der Waals surface area (Å²) in [5, 5.41) is 12.5. The molecule has 0 atom stereocenters. The number of imidazole rings is 1. The van der Waals surface area contributed by atoms with Crippen molar-refractivity contribution in [3.8, 4) is 44.6 Å². The van der Waals surface area contributed by atoms with Crippen LogP contribution in [0.5, 0.6) is 0 Å². The minimum atomic E-state index is 1.01. The normalized spacial score (nSPS) is 12.0. The average Bonchev–Trinajstić information content (AvgIpc) is 3.91. The molecule has 3 heterocycles. The van der Waals surface area contributed by atoms with Crippen LogP contribution >= 0.6 is 11.3 Å². The van der Waals surface area contributed by atoms with Crippen molar-refractivity contribution in [3.63, 3.8) is 0 Å². The topological polar surface area (TPSA) is 17.3 Å². The van der Waals surface area contributed by atoms with Crippen molar-refractivity contribution in [1.82, 2.24) is 9.38 Å². The lowest BCUT2D eigenvalue weighted by Crippen LogP contribution is -1.93. The Balaban J connectivity index is 0.995.